The number of sulfonamides is 1. The van der Waals surface area contributed by atoms with E-state index in [1.807, 2.05) is 13.8 Å². The summed E-state index contributed by atoms with van der Waals surface area (Å²) < 4.78 is 22.6. The van der Waals surface area contributed by atoms with E-state index in [4.69, 9.17) is 10.9 Å². The summed E-state index contributed by atoms with van der Waals surface area (Å²) in [5.41, 5.74) is 5.43. The standard InChI is InChI=1S/C12H20N4O4S/c1-12(2,7-13)8-15(3)10-5-4-9(21(14,19)20)6-11(10)16(17)18/h4-6H,7-8,13H2,1-3H3,(H2,14,19,20). The summed E-state index contributed by atoms with van der Waals surface area (Å²) in [5.74, 6) is 0. The summed E-state index contributed by atoms with van der Waals surface area (Å²) in [6.45, 7) is 4.78. The number of rotatable bonds is 6. The van der Waals surface area contributed by atoms with E-state index in [1.165, 1.54) is 12.1 Å². The number of nitro groups is 1. The lowest BCUT2D eigenvalue weighted by atomic mass is 9.93. The molecule has 1 rings (SSSR count). The molecule has 0 aliphatic rings. The van der Waals surface area contributed by atoms with E-state index in [0.29, 0.717) is 18.8 Å². The van der Waals surface area contributed by atoms with E-state index >= 15 is 0 Å². The SMILES string of the molecule is CN(CC(C)(C)CN)c1ccc(S(N)(=O)=O)cc1[N+](=O)[O-]. The van der Waals surface area contributed by atoms with Gasteiger partial charge in [0.25, 0.3) is 5.69 Å². The van der Waals surface area contributed by atoms with Gasteiger partial charge in [-0.25, -0.2) is 13.6 Å². The molecule has 0 amide bonds. The third-order valence-electron chi connectivity index (χ3n) is 3.10. The Hall–Kier alpha value is -1.71. The first-order valence-electron chi connectivity index (χ1n) is 6.20. The lowest BCUT2D eigenvalue weighted by molar-refractivity contribution is -0.384. The molecule has 0 spiro atoms. The van der Waals surface area contributed by atoms with Gasteiger partial charge in [0.1, 0.15) is 5.69 Å². The van der Waals surface area contributed by atoms with Crippen LogP contribution in [-0.4, -0.2) is 33.5 Å². The molecule has 0 atom stereocenters. The van der Waals surface area contributed by atoms with Crippen molar-refractivity contribution >= 4 is 21.4 Å². The molecule has 0 unspecified atom stereocenters. The van der Waals surface area contributed by atoms with Gasteiger partial charge in [0.2, 0.25) is 10.0 Å². The van der Waals surface area contributed by atoms with E-state index in [9.17, 15) is 18.5 Å². The molecule has 8 nitrogen and oxygen atoms in total. The Morgan fingerprint density at radius 1 is 1.38 bits per heavy atom. The Morgan fingerprint density at radius 3 is 2.38 bits per heavy atom. The molecule has 9 heteroatoms. The fourth-order valence-corrected chi connectivity index (χ4v) is 2.47. The lowest BCUT2D eigenvalue weighted by Gasteiger charge is -2.30. The molecule has 0 fully saturated rings. The Morgan fingerprint density at radius 2 is 1.95 bits per heavy atom. The van der Waals surface area contributed by atoms with Gasteiger partial charge >= 0.3 is 0 Å². The normalized spacial score (nSPS) is 12.2. The number of nitrogens with two attached hydrogens (primary N) is 2. The highest BCUT2D eigenvalue weighted by Gasteiger charge is 2.25. The van der Waals surface area contributed by atoms with E-state index in [1.54, 1.807) is 11.9 Å². The van der Waals surface area contributed by atoms with Crippen molar-refractivity contribution in [2.24, 2.45) is 16.3 Å². The zero-order valence-corrected chi connectivity index (χ0v) is 13.1. The monoisotopic (exact) mass is 316 g/mol. The molecule has 0 bridgehead atoms. The summed E-state index contributed by atoms with van der Waals surface area (Å²) in [4.78, 5) is 11.9. The molecular weight excluding hydrogens is 296 g/mol. The molecule has 0 radical (unpaired) electrons. The van der Waals surface area contributed by atoms with E-state index in [-0.39, 0.29) is 16.0 Å². The van der Waals surface area contributed by atoms with Gasteiger partial charge in [0.15, 0.2) is 0 Å². The maximum Gasteiger partial charge on any atom is 0.293 e. The van der Waals surface area contributed by atoms with Crippen LogP contribution in [0.1, 0.15) is 13.8 Å². The van der Waals surface area contributed by atoms with Crippen LogP contribution in [0.15, 0.2) is 23.1 Å². The molecule has 0 heterocycles. The van der Waals surface area contributed by atoms with E-state index in [2.05, 4.69) is 0 Å². The van der Waals surface area contributed by atoms with Crippen LogP contribution in [0.4, 0.5) is 11.4 Å². The minimum atomic E-state index is -3.98. The van der Waals surface area contributed by atoms with E-state index in [0.717, 1.165) is 6.07 Å². The number of nitro benzene ring substituents is 1. The van der Waals surface area contributed by atoms with Crippen molar-refractivity contribution in [2.45, 2.75) is 18.7 Å². The third kappa shape index (κ3) is 4.38. The number of nitrogens with zero attached hydrogens (tertiary/aromatic N) is 2. The Balaban J connectivity index is 3.28. The highest BCUT2D eigenvalue weighted by Crippen LogP contribution is 2.31. The zero-order valence-electron chi connectivity index (χ0n) is 12.2. The van der Waals surface area contributed by atoms with Crippen molar-refractivity contribution in [3.63, 3.8) is 0 Å². The molecule has 0 aromatic heterocycles. The van der Waals surface area contributed by atoms with Crippen molar-refractivity contribution in [3.05, 3.63) is 28.3 Å². The van der Waals surface area contributed by atoms with Gasteiger partial charge in [-0.15, -0.1) is 0 Å². The first kappa shape index (κ1) is 17.3. The summed E-state index contributed by atoms with van der Waals surface area (Å²) >= 11 is 0. The number of hydrogen-bond acceptors (Lipinski definition) is 6. The summed E-state index contributed by atoms with van der Waals surface area (Å²) in [6, 6.07) is 3.60. The predicted octanol–water partition coefficient (Wildman–Crippen LogP) is 0.663. The molecule has 1 aromatic rings. The molecule has 0 saturated carbocycles. The zero-order chi connectivity index (χ0) is 16.4. The molecule has 118 valence electrons. The van der Waals surface area contributed by atoms with Crippen LogP contribution in [0.25, 0.3) is 0 Å². The summed E-state index contributed by atoms with van der Waals surface area (Å²) in [6.07, 6.45) is 0. The minimum Gasteiger partial charge on any atom is -0.368 e. The maximum absolute atomic E-state index is 11.3. The van der Waals surface area contributed by atoms with Gasteiger partial charge in [-0.3, -0.25) is 10.1 Å². The average Bonchev–Trinajstić information content (AvgIpc) is 2.36. The van der Waals surface area contributed by atoms with Crippen molar-refractivity contribution in [3.8, 4) is 0 Å². The fourth-order valence-electron chi connectivity index (χ4n) is 1.94. The summed E-state index contributed by atoms with van der Waals surface area (Å²) in [5, 5.41) is 16.2. The van der Waals surface area contributed by atoms with Gasteiger partial charge < -0.3 is 10.6 Å². The van der Waals surface area contributed by atoms with Crippen LogP contribution in [0.5, 0.6) is 0 Å². The van der Waals surface area contributed by atoms with Crippen LogP contribution in [0.3, 0.4) is 0 Å². The third-order valence-corrected chi connectivity index (χ3v) is 4.01. The second-order valence-corrected chi connectivity index (χ2v) is 7.24. The van der Waals surface area contributed by atoms with Crippen molar-refractivity contribution < 1.29 is 13.3 Å². The van der Waals surface area contributed by atoms with Crippen molar-refractivity contribution in [2.75, 3.05) is 25.0 Å². The molecule has 0 aliphatic carbocycles. The topological polar surface area (TPSA) is 133 Å². The number of primary sulfonamides is 1. The lowest BCUT2D eigenvalue weighted by Crippen LogP contribution is -2.37. The van der Waals surface area contributed by atoms with Gasteiger partial charge in [-0.05, 0) is 24.1 Å². The van der Waals surface area contributed by atoms with Gasteiger partial charge in [0, 0.05) is 19.7 Å². The Kier molecular flexibility index (Phi) is 4.92. The fraction of sp³-hybridized carbons (Fsp3) is 0.500. The van der Waals surface area contributed by atoms with Gasteiger partial charge in [-0.1, -0.05) is 13.8 Å². The minimum absolute atomic E-state index is 0.235. The number of hydrogen-bond donors (Lipinski definition) is 2. The van der Waals surface area contributed by atoms with Crippen molar-refractivity contribution in [1.82, 2.24) is 0 Å². The quantitative estimate of drug-likeness (QED) is 0.585. The van der Waals surface area contributed by atoms with Crippen LogP contribution < -0.4 is 15.8 Å². The number of anilines is 1. The first-order chi connectivity index (χ1) is 9.48. The Bertz CT molecular complexity index is 643. The smallest absolute Gasteiger partial charge is 0.293 e. The van der Waals surface area contributed by atoms with Gasteiger partial charge in [-0.2, -0.15) is 0 Å². The molecular formula is C12H20N4O4S. The second kappa shape index (κ2) is 5.96. The maximum atomic E-state index is 11.3. The van der Waals surface area contributed by atoms with Crippen LogP contribution >= 0.6 is 0 Å². The summed E-state index contributed by atoms with van der Waals surface area (Å²) in [7, 11) is -2.29. The highest BCUT2D eigenvalue weighted by atomic mass is 32.2. The largest absolute Gasteiger partial charge is 0.368 e. The Labute approximate surface area is 123 Å². The molecule has 0 saturated heterocycles. The van der Waals surface area contributed by atoms with Gasteiger partial charge in [0.05, 0.1) is 9.82 Å². The molecule has 1 aromatic carbocycles. The number of benzene rings is 1. The average molecular weight is 316 g/mol. The highest BCUT2D eigenvalue weighted by molar-refractivity contribution is 7.89. The molecule has 4 N–H and O–H groups in total. The van der Waals surface area contributed by atoms with Crippen molar-refractivity contribution in [1.29, 1.82) is 0 Å². The molecule has 0 aliphatic heterocycles. The second-order valence-electron chi connectivity index (χ2n) is 5.68. The van der Waals surface area contributed by atoms with Crippen LogP contribution in [0.2, 0.25) is 0 Å². The first-order valence-corrected chi connectivity index (χ1v) is 7.75. The van der Waals surface area contributed by atoms with E-state index < -0.39 is 14.9 Å². The van der Waals surface area contributed by atoms with Crippen LogP contribution in [0, 0.1) is 15.5 Å². The predicted molar refractivity (Wildman–Crippen MR) is 80.6 cm³/mol. The van der Waals surface area contributed by atoms with Crippen LogP contribution in [-0.2, 0) is 10.0 Å². The molecule has 21 heavy (non-hydrogen) atoms.